The van der Waals surface area contributed by atoms with Crippen LogP contribution in [0.2, 0.25) is 0 Å². The summed E-state index contributed by atoms with van der Waals surface area (Å²) in [4.78, 5) is 22.0. The van der Waals surface area contributed by atoms with Crippen molar-refractivity contribution in [2.45, 2.75) is 6.04 Å². The fourth-order valence-corrected chi connectivity index (χ4v) is 1.03. The SMILES string of the molecule is NCCOC(=O)[C@H]1CNCC(=O)N1. The lowest BCUT2D eigenvalue weighted by Crippen LogP contribution is -2.56. The molecule has 1 aliphatic rings. The molecule has 74 valence electrons. The Labute approximate surface area is 75.8 Å². The molecule has 0 radical (unpaired) electrons. The van der Waals surface area contributed by atoms with Gasteiger partial charge in [-0.25, -0.2) is 4.79 Å². The first-order valence-corrected chi connectivity index (χ1v) is 4.11. The number of ether oxygens (including phenoxy) is 1. The first-order valence-electron chi connectivity index (χ1n) is 4.11. The zero-order valence-corrected chi connectivity index (χ0v) is 7.21. The standard InChI is InChI=1S/C7H13N3O3/c8-1-2-13-7(12)5-3-9-4-6(11)10-5/h5,9H,1-4,8H2,(H,10,11)/t5-/m1/s1. The maximum absolute atomic E-state index is 11.2. The number of nitrogens with one attached hydrogen (secondary N) is 2. The quantitative estimate of drug-likeness (QED) is 0.427. The van der Waals surface area contributed by atoms with Gasteiger partial charge in [0.2, 0.25) is 5.91 Å². The Balaban J connectivity index is 2.32. The van der Waals surface area contributed by atoms with Crippen LogP contribution >= 0.6 is 0 Å². The molecule has 6 heteroatoms. The summed E-state index contributed by atoms with van der Waals surface area (Å²) in [5.74, 6) is -0.632. The van der Waals surface area contributed by atoms with E-state index in [1.165, 1.54) is 0 Å². The Kier molecular flexibility index (Phi) is 3.66. The van der Waals surface area contributed by atoms with Gasteiger partial charge in [-0.05, 0) is 0 Å². The molecule has 1 atom stereocenters. The summed E-state index contributed by atoms with van der Waals surface area (Å²) in [7, 11) is 0. The molecule has 1 heterocycles. The van der Waals surface area contributed by atoms with E-state index in [4.69, 9.17) is 10.5 Å². The van der Waals surface area contributed by atoms with Crippen molar-refractivity contribution in [3.63, 3.8) is 0 Å². The Morgan fingerprint density at radius 2 is 2.46 bits per heavy atom. The number of hydrogen-bond donors (Lipinski definition) is 3. The van der Waals surface area contributed by atoms with Crippen LogP contribution in [0.3, 0.4) is 0 Å². The van der Waals surface area contributed by atoms with E-state index < -0.39 is 12.0 Å². The zero-order valence-electron chi connectivity index (χ0n) is 7.21. The van der Waals surface area contributed by atoms with E-state index in [1.54, 1.807) is 0 Å². The third-order valence-corrected chi connectivity index (χ3v) is 1.62. The number of esters is 1. The van der Waals surface area contributed by atoms with Crippen molar-refractivity contribution < 1.29 is 14.3 Å². The van der Waals surface area contributed by atoms with E-state index in [0.29, 0.717) is 13.1 Å². The molecule has 1 saturated heterocycles. The topological polar surface area (TPSA) is 93.4 Å². The van der Waals surface area contributed by atoms with Crippen LogP contribution in [0.4, 0.5) is 0 Å². The summed E-state index contributed by atoms with van der Waals surface area (Å²) >= 11 is 0. The van der Waals surface area contributed by atoms with Crippen LogP contribution < -0.4 is 16.4 Å². The van der Waals surface area contributed by atoms with E-state index in [-0.39, 0.29) is 19.1 Å². The maximum Gasteiger partial charge on any atom is 0.330 e. The lowest BCUT2D eigenvalue weighted by molar-refractivity contribution is -0.148. The molecular formula is C7H13N3O3. The Morgan fingerprint density at radius 3 is 3.08 bits per heavy atom. The first kappa shape index (κ1) is 9.94. The fourth-order valence-electron chi connectivity index (χ4n) is 1.03. The Bertz CT molecular complexity index is 207. The van der Waals surface area contributed by atoms with Crippen LogP contribution in [0.5, 0.6) is 0 Å². The monoisotopic (exact) mass is 187 g/mol. The number of nitrogens with two attached hydrogens (primary N) is 1. The third-order valence-electron chi connectivity index (χ3n) is 1.62. The molecule has 1 rings (SSSR count). The van der Waals surface area contributed by atoms with Crippen molar-refractivity contribution in [2.24, 2.45) is 5.73 Å². The Morgan fingerprint density at radius 1 is 1.69 bits per heavy atom. The van der Waals surface area contributed by atoms with Gasteiger partial charge < -0.3 is 21.1 Å². The van der Waals surface area contributed by atoms with Gasteiger partial charge >= 0.3 is 5.97 Å². The fraction of sp³-hybridized carbons (Fsp3) is 0.714. The first-order chi connectivity index (χ1) is 6.24. The van der Waals surface area contributed by atoms with Crippen LogP contribution in [0.15, 0.2) is 0 Å². The predicted octanol–water partition coefficient (Wildman–Crippen LogP) is -2.42. The largest absolute Gasteiger partial charge is 0.463 e. The lowest BCUT2D eigenvalue weighted by atomic mass is 10.2. The molecule has 0 unspecified atom stereocenters. The van der Waals surface area contributed by atoms with Gasteiger partial charge in [0.1, 0.15) is 12.6 Å². The van der Waals surface area contributed by atoms with Crippen LogP contribution in [-0.2, 0) is 14.3 Å². The van der Waals surface area contributed by atoms with Gasteiger partial charge in [-0.1, -0.05) is 0 Å². The highest BCUT2D eigenvalue weighted by atomic mass is 16.5. The minimum atomic E-state index is -0.576. The molecule has 0 spiro atoms. The van der Waals surface area contributed by atoms with E-state index in [1.807, 2.05) is 0 Å². The van der Waals surface area contributed by atoms with E-state index in [2.05, 4.69) is 10.6 Å². The Hall–Kier alpha value is -1.14. The van der Waals surface area contributed by atoms with Crippen LogP contribution in [0, 0.1) is 0 Å². The molecule has 0 aliphatic carbocycles. The number of hydrogen-bond acceptors (Lipinski definition) is 5. The second-order valence-electron chi connectivity index (χ2n) is 2.71. The summed E-state index contributed by atoms with van der Waals surface area (Å²) in [6.45, 7) is 1.14. The molecule has 4 N–H and O–H groups in total. The predicted molar refractivity (Wildman–Crippen MR) is 44.8 cm³/mol. The number of carbonyl (C=O) groups is 2. The molecule has 13 heavy (non-hydrogen) atoms. The van der Waals surface area contributed by atoms with Gasteiger partial charge in [0, 0.05) is 13.1 Å². The molecule has 0 aromatic carbocycles. The molecule has 1 fully saturated rings. The van der Waals surface area contributed by atoms with Crippen molar-refractivity contribution in [2.75, 3.05) is 26.2 Å². The molecule has 6 nitrogen and oxygen atoms in total. The summed E-state index contributed by atoms with van der Waals surface area (Å²) in [6.07, 6.45) is 0. The van der Waals surface area contributed by atoms with Gasteiger partial charge in [0.15, 0.2) is 0 Å². The minimum absolute atomic E-state index is 0.186. The second-order valence-corrected chi connectivity index (χ2v) is 2.71. The summed E-state index contributed by atoms with van der Waals surface area (Å²) in [6, 6.07) is -0.576. The molecule has 0 aromatic heterocycles. The average molecular weight is 187 g/mol. The number of rotatable bonds is 3. The summed E-state index contributed by atoms with van der Waals surface area (Å²) in [5.41, 5.74) is 5.15. The highest BCUT2D eigenvalue weighted by Crippen LogP contribution is 1.91. The number of carbonyl (C=O) groups excluding carboxylic acids is 2. The summed E-state index contributed by atoms with van der Waals surface area (Å²) in [5, 5.41) is 5.31. The number of amides is 1. The van der Waals surface area contributed by atoms with Gasteiger partial charge in [-0.15, -0.1) is 0 Å². The van der Waals surface area contributed by atoms with Crippen molar-refractivity contribution in [1.29, 1.82) is 0 Å². The molecule has 0 bridgehead atoms. The van der Waals surface area contributed by atoms with E-state index in [0.717, 1.165) is 0 Å². The van der Waals surface area contributed by atoms with E-state index in [9.17, 15) is 9.59 Å². The number of piperazine rings is 1. The normalized spacial score (nSPS) is 22.2. The molecular weight excluding hydrogens is 174 g/mol. The minimum Gasteiger partial charge on any atom is -0.463 e. The van der Waals surface area contributed by atoms with E-state index >= 15 is 0 Å². The van der Waals surface area contributed by atoms with Crippen LogP contribution in [-0.4, -0.2) is 44.2 Å². The smallest absolute Gasteiger partial charge is 0.330 e. The highest BCUT2D eigenvalue weighted by Gasteiger charge is 2.25. The second kappa shape index (κ2) is 4.78. The van der Waals surface area contributed by atoms with Crippen molar-refractivity contribution >= 4 is 11.9 Å². The van der Waals surface area contributed by atoms with Crippen LogP contribution in [0.1, 0.15) is 0 Å². The molecule has 0 aromatic rings. The lowest BCUT2D eigenvalue weighted by Gasteiger charge is -2.22. The van der Waals surface area contributed by atoms with Gasteiger partial charge in [0.25, 0.3) is 0 Å². The van der Waals surface area contributed by atoms with Crippen LogP contribution in [0.25, 0.3) is 0 Å². The molecule has 0 saturated carbocycles. The van der Waals surface area contributed by atoms with Crippen molar-refractivity contribution in [3.8, 4) is 0 Å². The third kappa shape index (κ3) is 3.00. The zero-order chi connectivity index (χ0) is 9.68. The average Bonchev–Trinajstić information content (AvgIpc) is 2.14. The van der Waals surface area contributed by atoms with Gasteiger partial charge in [0.05, 0.1) is 6.54 Å². The summed E-state index contributed by atoms with van der Waals surface area (Å²) < 4.78 is 4.76. The van der Waals surface area contributed by atoms with Crippen molar-refractivity contribution in [3.05, 3.63) is 0 Å². The van der Waals surface area contributed by atoms with Crippen molar-refractivity contribution in [1.82, 2.24) is 10.6 Å². The molecule has 1 amide bonds. The van der Waals surface area contributed by atoms with Gasteiger partial charge in [-0.3, -0.25) is 4.79 Å². The highest BCUT2D eigenvalue weighted by molar-refractivity contribution is 5.86. The maximum atomic E-state index is 11.2. The molecule has 1 aliphatic heterocycles. The van der Waals surface area contributed by atoms with Gasteiger partial charge in [-0.2, -0.15) is 0 Å².